The predicted octanol–water partition coefficient (Wildman–Crippen LogP) is 3.52. The lowest BCUT2D eigenvalue weighted by molar-refractivity contribution is 0.208. The zero-order chi connectivity index (χ0) is 14.1. The molecule has 0 aliphatic carbocycles. The number of hydrogen-bond donors (Lipinski definition) is 2. The summed E-state index contributed by atoms with van der Waals surface area (Å²) in [4.78, 5) is 11.2. The fourth-order valence-corrected chi connectivity index (χ4v) is 3.84. The molecule has 0 aliphatic heterocycles. The molecule has 3 heterocycles. The summed E-state index contributed by atoms with van der Waals surface area (Å²) in [5, 5.41) is 17.9. The van der Waals surface area contributed by atoms with E-state index in [0.717, 1.165) is 27.4 Å². The van der Waals surface area contributed by atoms with Gasteiger partial charge in [0, 0.05) is 22.4 Å². The normalized spacial score (nSPS) is 12.8. The standard InChI is InChI=1S/C14H15N3OS2/c1-8(18)6-15-13-12-10(11-4-3-5-19-11)7-20-14(12)17-9(2)16-13/h3-5,7-8,18H,6H2,1-2H3,(H,15,16,17). The summed E-state index contributed by atoms with van der Waals surface area (Å²) < 4.78 is 0. The molecule has 104 valence electrons. The number of nitrogens with one attached hydrogen (secondary N) is 1. The van der Waals surface area contributed by atoms with E-state index in [-0.39, 0.29) is 0 Å². The van der Waals surface area contributed by atoms with Crippen LogP contribution >= 0.6 is 22.7 Å². The molecular formula is C14H15N3OS2. The predicted molar refractivity (Wildman–Crippen MR) is 85.6 cm³/mol. The monoisotopic (exact) mass is 305 g/mol. The Balaban J connectivity index is 2.14. The van der Waals surface area contributed by atoms with Crippen LogP contribution in [0.25, 0.3) is 20.7 Å². The molecule has 0 amide bonds. The highest BCUT2D eigenvalue weighted by Crippen LogP contribution is 2.38. The fraction of sp³-hybridized carbons (Fsp3) is 0.286. The Labute approximate surface area is 125 Å². The summed E-state index contributed by atoms with van der Waals surface area (Å²) in [6, 6.07) is 4.14. The molecule has 1 atom stereocenters. The van der Waals surface area contributed by atoms with Crippen LogP contribution in [-0.4, -0.2) is 27.7 Å². The van der Waals surface area contributed by atoms with Crippen molar-refractivity contribution in [3.63, 3.8) is 0 Å². The minimum atomic E-state index is -0.413. The van der Waals surface area contributed by atoms with Gasteiger partial charge in [-0.2, -0.15) is 0 Å². The first-order valence-corrected chi connectivity index (χ1v) is 8.12. The molecule has 6 heteroatoms. The van der Waals surface area contributed by atoms with E-state index >= 15 is 0 Å². The van der Waals surface area contributed by atoms with Gasteiger partial charge in [-0.15, -0.1) is 22.7 Å². The minimum Gasteiger partial charge on any atom is -0.392 e. The lowest BCUT2D eigenvalue weighted by Crippen LogP contribution is -2.16. The maximum atomic E-state index is 9.46. The number of anilines is 1. The van der Waals surface area contributed by atoms with Gasteiger partial charge in [0.05, 0.1) is 11.5 Å². The Morgan fingerprint density at radius 3 is 2.90 bits per heavy atom. The first-order chi connectivity index (χ1) is 9.65. The highest BCUT2D eigenvalue weighted by Gasteiger charge is 2.15. The molecule has 0 spiro atoms. The van der Waals surface area contributed by atoms with Crippen LogP contribution in [0.5, 0.6) is 0 Å². The molecule has 4 nitrogen and oxygen atoms in total. The molecular weight excluding hydrogens is 290 g/mol. The second-order valence-electron chi connectivity index (χ2n) is 4.66. The molecule has 3 aromatic rings. The average molecular weight is 305 g/mol. The van der Waals surface area contributed by atoms with Gasteiger partial charge in [0.1, 0.15) is 16.5 Å². The Hall–Kier alpha value is -1.50. The molecule has 0 fully saturated rings. The molecule has 0 radical (unpaired) electrons. The van der Waals surface area contributed by atoms with E-state index in [0.29, 0.717) is 6.54 Å². The smallest absolute Gasteiger partial charge is 0.139 e. The number of fused-ring (bicyclic) bond motifs is 1. The van der Waals surface area contributed by atoms with E-state index < -0.39 is 6.10 Å². The van der Waals surface area contributed by atoms with Crippen molar-refractivity contribution in [3.8, 4) is 10.4 Å². The molecule has 2 N–H and O–H groups in total. The van der Waals surface area contributed by atoms with Crippen molar-refractivity contribution in [3.05, 3.63) is 28.7 Å². The molecule has 0 saturated carbocycles. The van der Waals surface area contributed by atoms with Crippen molar-refractivity contribution in [1.29, 1.82) is 0 Å². The average Bonchev–Trinajstić information content (AvgIpc) is 3.03. The second kappa shape index (κ2) is 5.47. The number of rotatable bonds is 4. The van der Waals surface area contributed by atoms with Gasteiger partial charge in [0.15, 0.2) is 0 Å². The molecule has 0 aliphatic rings. The van der Waals surface area contributed by atoms with E-state index in [4.69, 9.17) is 0 Å². The molecule has 3 rings (SSSR count). The van der Waals surface area contributed by atoms with E-state index in [1.54, 1.807) is 29.6 Å². The number of hydrogen-bond acceptors (Lipinski definition) is 6. The van der Waals surface area contributed by atoms with Crippen LogP contribution in [0.1, 0.15) is 12.7 Å². The SMILES string of the molecule is Cc1nc(NCC(C)O)c2c(-c3cccs3)csc2n1. The number of aliphatic hydroxyl groups is 1. The summed E-state index contributed by atoms with van der Waals surface area (Å²) in [6.07, 6.45) is -0.413. The quantitative estimate of drug-likeness (QED) is 0.774. The lowest BCUT2D eigenvalue weighted by atomic mass is 10.2. The van der Waals surface area contributed by atoms with Crippen LogP contribution in [0.2, 0.25) is 0 Å². The van der Waals surface area contributed by atoms with Crippen molar-refractivity contribution in [2.75, 3.05) is 11.9 Å². The number of aliphatic hydroxyl groups excluding tert-OH is 1. The van der Waals surface area contributed by atoms with Gasteiger partial charge in [-0.05, 0) is 25.3 Å². The summed E-state index contributed by atoms with van der Waals surface area (Å²) in [5.41, 5.74) is 1.16. The minimum absolute atomic E-state index is 0.413. The third-order valence-electron chi connectivity index (χ3n) is 2.90. The summed E-state index contributed by atoms with van der Waals surface area (Å²) in [5.74, 6) is 1.54. The maximum Gasteiger partial charge on any atom is 0.139 e. The molecule has 0 aromatic carbocycles. The zero-order valence-electron chi connectivity index (χ0n) is 11.3. The van der Waals surface area contributed by atoms with Crippen LogP contribution in [0, 0.1) is 6.92 Å². The number of thiophene rings is 2. The maximum absolute atomic E-state index is 9.46. The molecule has 0 bridgehead atoms. The lowest BCUT2D eigenvalue weighted by Gasteiger charge is -2.10. The fourth-order valence-electron chi connectivity index (χ4n) is 2.03. The first-order valence-electron chi connectivity index (χ1n) is 6.37. The molecule has 1 unspecified atom stereocenters. The van der Waals surface area contributed by atoms with Crippen molar-refractivity contribution < 1.29 is 5.11 Å². The Morgan fingerprint density at radius 2 is 2.20 bits per heavy atom. The summed E-state index contributed by atoms with van der Waals surface area (Å²) in [6.45, 7) is 4.12. The molecule has 0 saturated heterocycles. The number of aromatic nitrogens is 2. The van der Waals surface area contributed by atoms with Crippen LogP contribution in [0.3, 0.4) is 0 Å². The van der Waals surface area contributed by atoms with Crippen LogP contribution in [0.15, 0.2) is 22.9 Å². The largest absolute Gasteiger partial charge is 0.392 e. The van der Waals surface area contributed by atoms with Gasteiger partial charge in [-0.3, -0.25) is 0 Å². The summed E-state index contributed by atoms with van der Waals surface area (Å²) in [7, 11) is 0. The number of nitrogens with zero attached hydrogens (tertiary/aromatic N) is 2. The molecule has 3 aromatic heterocycles. The second-order valence-corrected chi connectivity index (χ2v) is 6.46. The Bertz CT molecular complexity index is 719. The highest BCUT2D eigenvalue weighted by atomic mass is 32.1. The topological polar surface area (TPSA) is 58.0 Å². The number of aryl methyl sites for hydroxylation is 1. The van der Waals surface area contributed by atoms with Gasteiger partial charge < -0.3 is 10.4 Å². The van der Waals surface area contributed by atoms with Crippen molar-refractivity contribution in [1.82, 2.24) is 9.97 Å². The van der Waals surface area contributed by atoms with Crippen molar-refractivity contribution in [2.24, 2.45) is 0 Å². The highest BCUT2D eigenvalue weighted by molar-refractivity contribution is 7.18. The van der Waals surface area contributed by atoms with Gasteiger partial charge in [-0.25, -0.2) is 9.97 Å². The van der Waals surface area contributed by atoms with Gasteiger partial charge in [0.25, 0.3) is 0 Å². The van der Waals surface area contributed by atoms with Crippen LogP contribution in [-0.2, 0) is 0 Å². The third kappa shape index (κ3) is 2.54. The Kier molecular flexibility index (Phi) is 3.69. The third-order valence-corrected chi connectivity index (χ3v) is 4.67. The van der Waals surface area contributed by atoms with Gasteiger partial charge in [0.2, 0.25) is 0 Å². The molecule has 20 heavy (non-hydrogen) atoms. The van der Waals surface area contributed by atoms with Crippen LogP contribution < -0.4 is 5.32 Å². The van der Waals surface area contributed by atoms with Gasteiger partial charge in [-0.1, -0.05) is 6.07 Å². The van der Waals surface area contributed by atoms with Crippen molar-refractivity contribution >= 4 is 38.7 Å². The van der Waals surface area contributed by atoms with Crippen LogP contribution in [0.4, 0.5) is 5.82 Å². The zero-order valence-corrected chi connectivity index (χ0v) is 12.9. The van der Waals surface area contributed by atoms with E-state index in [2.05, 4.69) is 32.1 Å². The Morgan fingerprint density at radius 1 is 1.35 bits per heavy atom. The summed E-state index contributed by atoms with van der Waals surface area (Å²) >= 11 is 3.33. The van der Waals surface area contributed by atoms with E-state index in [1.807, 2.05) is 13.0 Å². The van der Waals surface area contributed by atoms with E-state index in [9.17, 15) is 5.11 Å². The van der Waals surface area contributed by atoms with Gasteiger partial charge >= 0.3 is 0 Å². The first kappa shape index (κ1) is 13.5. The van der Waals surface area contributed by atoms with Crippen molar-refractivity contribution in [2.45, 2.75) is 20.0 Å². The van der Waals surface area contributed by atoms with E-state index in [1.165, 1.54) is 4.88 Å².